The van der Waals surface area contributed by atoms with E-state index < -0.39 is 5.41 Å². The van der Waals surface area contributed by atoms with Crippen LogP contribution in [0.5, 0.6) is 11.5 Å². The molecule has 1 aromatic heterocycles. The Morgan fingerprint density at radius 1 is 1.04 bits per heavy atom. The molecule has 5 nitrogen and oxygen atoms in total. The molecule has 5 heteroatoms. The molecule has 0 aliphatic heterocycles. The fourth-order valence-electron chi connectivity index (χ4n) is 3.29. The van der Waals surface area contributed by atoms with Crippen LogP contribution in [0.2, 0.25) is 0 Å². The van der Waals surface area contributed by atoms with E-state index >= 15 is 0 Å². The number of methoxy groups -OCH3 is 1. The summed E-state index contributed by atoms with van der Waals surface area (Å²) in [5, 5.41) is 3.05. The Balaban J connectivity index is 1.50. The maximum absolute atomic E-state index is 13.0. The summed E-state index contributed by atoms with van der Waals surface area (Å²) in [6.07, 6.45) is 5.19. The molecule has 1 aliphatic rings. The molecule has 0 radical (unpaired) electrons. The summed E-state index contributed by atoms with van der Waals surface area (Å²) in [7, 11) is 1.60. The first kappa shape index (κ1) is 18.0. The quantitative estimate of drug-likeness (QED) is 0.668. The minimum Gasteiger partial charge on any atom is -0.493 e. The lowest BCUT2D eigenvalue weighted by Gasteiger charge is -2.17. The SMILES string of the molecule is COc1ccc(NC(=O)C2(c3ccccc3)CC2)cc1OCc1ccncc1. The predicted molar refractivity (Wildman–Crippen MR) is 108 cm³/mol. The Morgan fingerprint density at radius 2 is 1.79 bits per heavy atom. The molecular weight excluding hydrogens is 352 g/mol. The lowest BCUT2D eigenvalue weighted by Crippen LogP contribution is -2.27. The van der Waals surface area contributed by atoms with E-state index in [-0.39, 0.29) is 5.91 Å². The van der Waals surface area contributed by atoms with Crippen LogP contribution in [0.25, 0.3) is 0 Å². The van der Waals surface area contributed by atoms with Gasteiger partial charge in [0, 0.05) is 24.1 Å². The molecule has 1 N–H and O–H groups in total. The van der Waals surface area contributed by atoms with Crippen LogP contribution in [0.4, 0.5) is 5.69 Å². The predicted octanol–water partition coefficient (Wildman–Crippen LogP) is 4.34. The molecule has 3 aromatic rings. The van der Waals surface area contributed by atoms with Gasteiger partial charge in [0.1, 0.15) is 6.61 Å². The molecule has 142 valence electrons. The number of nitrogens with zero attached hydrogens (tertiary/aromatic N) is 1. The van der Waals surface area contributed by atoms with Gasteiger partial charge in [-0.3, -0.25) is 9.78 Å². The van der Waals surface area contributed by atoms with Crippen molar-refractivity contribution >= 4 is 11.6 Å². The molecule has 0 unspecified atom stereocenters. The number of amides is 1. The Kier molecular flexibility index (Phi) is 4.98. The summed E-state index contributed by atoms with van der Waals surface area (Å²) in [6.45, 7) is 0.393. The first-order valence-corrected chi connectivity index (χ1v) is 9.28. The average Bonchev–Trinajstić information content (AvgIpc) is 3.56. The highest BCUT2D eigenvalue weighted by molar-refractivity contribution is 6.01. The molecule has 1 fully saturated rings. The Morgan fingerprint density at radius 3 is 2.46 bits per heavy atom. The zero-order chi connectivity index (χ0) is 19.4. The first-order chi connectivity index (χ1) is 13.7. The molecule has 0 saturated heterocycles. The van der Waals surface area contributed by atoms with Gasteiger partial charge in [0.05, 0.1) is 12.5 Å². The van der Waals surface area contributed by atoms with E-state index in [4.69, 9.17) is 9.47 Å². The molecular formula is C23H22N2O3. The second kappa shape index (κ2) is 7.72. The second-order valence-electron chi connectivity index (χ2n) is 6.91. The van der Waals surface area contributed by atoms with Crippen molar-refractivity contribution in [1.82, 2.24) is 4.98 Å². The molecule has 2 aromatic carbocycles. The maximum atomic E-state index is 13.0. The van der Waals surface area contributed by atoms with Crippen molar-refractivity contribution in [2.45, 2.75) is 24.9 Å². The number of carbonyl (C=O) groups is 1. The van der Waals surface area contributed by atoms with Gasteiger partial charge >= 0.3 is 0 Å². The van der Waals surface area contributed by atoms with Crippen LogP contribution in [0, 0.1) is 0 Å². The van der Waals surface area contributed by atoms with Crippen LogP contribution in [-0.4, -0.2) is 18.0 Å². The number of benzene rings is 2. The van der Waals surface area contributed by atoms with E-state index in [2.05, 4.69) is 10.3 Å². The topological polar surface area (TPSA) is 60.5 Å². The first-order valence-electron chi connectivity index (χ1n) is 9.28. The number of carbonyl (C=O) groups excluding carboxylic acids is 1. The zero-order valence-electron chi connectivity index (χ0n) is 15.7. The molecule has 28 heavy (non-hydrogen) atoms. The Hall–Kier alpha value is -3.34. The maximum Gasteiger partial charge on any atom is 0.235 e. The normalized spacial score (nSPS) is 14.2. The fourth-order valence-corrected chi connectivity index (χ4v) is 3.29. The van der Waals surface area contributed by atoms with Gasteiger partial charge in [-0.15, -0.1) is 0 Å². The number of nitrogens with one attached hydrogen (secondary N) is 1. The second-order valence-corrected chi connectivity index (χ2v) is 6.91. The Bertz CT molecular complexity index is 954. The van der Waals surface area contributed by atoms with E-state index in [0.29, 0.717) is 23.8 Å². The fraction of sp³-hybridized carbons (Fsp3) is 0.217. The molecule has 1 aliphatic carbocycles. The van der Waals surface area contributed by atoms with Crippen LogP contribution in [-0.2, 0) is 16.8 Å². The van der Waals surface area contributed by atoms with Crippen molar-refractivity contribution in [2.75, 3.05) is 12.4 Å². The van der Waals surface area contributed by atoms with E-state index in [1.54, 1.807) is 31.6 Å². The van der Waals surface area contributed by atoms with Crippen molar-refractivity contribution in [2.24, 2.45) is 0 Å². The van der Waals surface area contributed by atoms with Crippen LogP contribution >= 0.6 is 0 Å². The summed E-state index contributed by atoms with van der Waals surface area (Å²) in [5.74, 6) is 1.22. The lowest BCUT2D eigenvalue weighted by atomic mass is 9.95. The van der Waals surface area contributed by atoms with Gasteiger partial charge in [-0.05, 0) is 48.2 Å². The average molecular weight is 374 g/mol. The number of rotatable bonds is 7. The number of pyridine rings is 1. The van der Waals surface area contributed by atoms with Crippen LogP contribution < -0.4 is 14.8 Å². The molecule has 0 atom stereocenters. The standard InChI is InChI=1S/C23H22N2O3/c1-27-20-8-7-19(15-21(20)28-16-17-9-13-24-14-10-17)25-22(26)23(11-12-23)18-5-3-2-4-6-18/h2-10,13-15H,11-12,16H2,1H3,(H,25,26). The van der Waals surface area contributed by atoms with Crippen LogP contribution in [0.15, 0.2) is 73.1 Å². The third-order valence-corrected chi connectivity index (χ3v) is 5.08. The zero-order valence-corrected chi connectivity index (χ0v) is 15.7. The molecule has 0 bridgehead atoms. The number of hydrogen-bond donors (Lipinski definition) is 1. The number of anilines is 1. The van der Waals surface area contributed by atoms with Gasteiger partial charge in [0.2, 0.25) is 5.91 Å². The van der Waals surface area contributed by atoms with Crippen molar-refractivity contribution in [1.29, 1.82) is 0 Å². The lowest BCUT2D eigenvalue weighted by molar-refractivity contribution is -0.118. The number of ether oxygens (including phenoxy) is 2. The van der Waals surface area contributed by atoms with Gasteiger partial charge in [-0.1, -0.05) is 30.3 Å². The molecule has 1 amide bonds. The highest BCUT2D eigenvalue weighted by atomic mass is 16.5. The van der Waals surface area contributed by atoms with Gasteiger partial charge in [0.25, 0.3) is 0 Å². The van der Waals surface area contributed by atoms with Gasteiger partial charge in [-0.2, -0.15) is 0 Å². The van der Waals surface area contributed by atoms with E-state index in [9.17, 15) is 4.79 Å². The largest absolute Gasteiger partial charge is 0.493 e. The highest BCUT2D eigenvalue weighted by Crippen LogP contribution is 2.49. The molecule has 4 rings (SSSR count). The molecule has 1 saturated carbocycles. The highest BCUT2D eigenvalue weighted by Gasteiger charge is 2.51. The van der Waals surface area contributed by atoms with Crippen molar-refractivity contribution < 1.29 is 14.3 Å². The summed E-state index contributed by atoms with van der Waals surface area (Å²) in [4.78, 5) is 17.0. The number of hydrogen-bond acceptors (Lipinski definition) is 4. The summed E-state index contributed by atoms with van der Waals surface area (Å²) >= 11 is 0. The van der Waals surface area contributed by atoms with Gasteiger partial charge in [-0.25, -0.2) is 0 Å². The Labute approximate surface area is 164 Å². The third-order valence-electron chi connectivity index (χ3n) is 5.08. The third kappa shape index (κ3) is 3.69. The summed E-state index contributed by atoms with van der Waals surface area (Å²) in [6, 6.07) is 19.2. The minimum atomic E-state index is -0.417. The van der Waals surface area contributed by atoms with Crippen molar-refractivity contribution in [3.63, 3.8) is 0 Å². The van der Waals surface area contributed by atoms with E-state index in [0.717, 1.165) is 24.0 Å². The molecule has 0 spiro atoms. The van der Waals surface area contributed by atoms with E-state index in [1.807, 2.05) is 48.5 Å². The monoisotopic (exact) mass is 374 g/mol. The van der Waals surface area contributed by atoms with E-state index in [1.165, 1.54) is 0 Å². The summed E-state index contributed by atoms with van der Waals surface area (Å²) in [5.41, 5.74) is 2.35. The van der Waals surface area contributed by atoms with Gasteiger partial charge < -0.3 is 14.8 Å². The van der Waals surface area contributed by atoms with Crippen LogP contribution in [0.1, 0.15) is 24.0 Å². The van der Waals surface area contributed by atoms with Crippen molar-refractivity contribution in [3.8, 4) is 11.5 Å². The molecule has 1 heterocycles. The summed E-state index contributed by atoms with van der Waals surface area (Å²) < 4.78 is 11.3. The van der Waals surface area contributed by atoms with Gasteiger partial charge in [0.15, 0.2) is 11.5 Å². The van der Waals surface area contributed by atoms with Crippen LogP contribution in [0.3, 0.4) is 0 Å². The smallest absolute Gasteiger partial charge is 0.235 e. The van der Waals surface area contributed by atoms with Crippen molar-refractivity contribution in [3.05, 3.63) is 84.2 Å². The minimum absolute atomic E-state index is 0.0175. The number of aromatic nitrogens is 1.